The average Bonchev–Trinajstić information content (AvgIpc) is 3.43. The van der Waals surface area contributed by atoms with Gasteiger partial charge in [-0.3, -0.25) is 24.3 Å². The van der Waals surface area contributed by atoms with Gasteiger partial charge in [-0.2, -0.15) is 0 Å². The highest BCUT2D eigenvalue weighted by Gasteiger charge is 2.54. The van der Waals surface area contributed by atoms with E-state index < -0.39 is 5.41 Å². The number of carbonyl (C=O) groups excluding carboxylic acids is 3. The van der Waals surface area contributed by atoms with Crippen LogP contribution in [0, 0.1) is 0 Å². The molecule has 2 fully saturated rings. The summed E-state index contributed by atoms with van der Waals surface area (Å²) in [5.74, 6) is -0.671. The third-order valence-corrected chi connectivity index (χ3v) is 6.57. The predicted molar refractivity (Wildman–Crippen MR) is 123 cm³/mol. The second kappa shape index (κ2) is 10.3. The third-order valence-electron chi connectivity index (χ3n) is 6.57. The summed E-state index contributed by atoms with van der Waals surface area (Å²) in [5.41, 5.74) is 0.348. The number of carbonyl (C=O) groups is 3. The standard InChI is InChI=1S/C26H31N3O4/c1-2-14-28(19-22-9-6-15-33-22)23(30)16-26(21-7-4-3-5-8-21)17-24(31)29(25(26)32)18-20-10-12-27-13-11-20/h3-5,7-8,10-13,22H,2,6,9,14-19H2,1H3. The van der Waals surface area contributed by atoms with Crippen molar-refractivity contribution >= 4 is 17.7 Å². The summed E-state index contributed by atoms with van der Waals surface area (Å²) in [7, 11) is 0. The molecule has 33 heavy (non-hydrogen) atoms. The molecule has 174 valence electrons. The Morgan fingerprint density at radius 2 is 1.94 bits per heavy atom. The molecule has 2 atom stereocenters. The first-order valence-corrected chi connectivity index (χ1v) is 11.7. The number of hydrogen-bond acceptors (Lipinski definition) is 5. The maximum Gasteiger partial charge on any atom is 0.241 e. The van der Waals surface area contributed by atoms with E-state index in [1.54, 1.807) is 24.5 Å². The van der Waals surface area contributed by atoms with Crippen LogP contribution in [0.3, 0.4) is 0 Å². The zero-order chi connectivity index (χ0) is 23.3. The number of benzene rings is 1. The summed E-state index contributed by atoms with van der Waals surface area (Å²) in [4.78, 5) is 47.5. The molecule has 1 aromatic carbocycles. The van der Waals surface area contributed by atoms with Crippen LogP contribution in [0.2, 0.25) is 0 Å². The summed E-state index contributed by atoms with van der Waals surface area (Å²) in [6, 6.07) is 12.8. The van der Waals surface area contributed by atoms with Gasteiger partial charge in [-0.15, -0.1) is 0 Å². The molecule has 2 unspecified atom stereocenters. The second-order valence-electron chi connectivity index (χ2n) is 8.92. The number of rotatable bonds is 9. The van der Waals surface area contributed by atoms with Crippen LogP contribution in [-0.2, 0) is 31.1 Å². The van der Waals surface area contributed by atoms with E-state index in [1.807, 2.05) is 42.2 Å². The average molecular weight is 450 g/mol. The van der Waals surface area contributed by atoms with Gasteiger partial charge in [0.05, 0.1) is 18.1 Å². The van der Waals surface area contributed by atoms with E-state index in [4.69, 9.17) is 4.74 Å². The summed E-state index contributed by atoms with van der Waals surface area (Å²) in [5, 5.41) is 0. The Labute approximate surface area is 194 Å². The minimum atomic E-state index is -1.19. The minimum absolute atomic E-state index is 0.00738. The van der Waals surface area contributed by atoms with E-state index >= 15 is 0 Å². The number of imide groups is 1. The first kappa shape index (κ1) is 23.1. The number of hydrogen-bond donors (Lipinski definition) is 0. The molecule has 0 saturated carbocycles. The molecule has 0 spiro atoms. The van der Waals surface area contributed by atoms with E-state index in [0.29, 0.717) is 18.7 Å². The Morgan fingerprint density at radius 3 is 2.61 bits per heavy atom. The maximum absolute atomic E-state index is 13.8. The number of nitrogens with zero attached hydrogens (tertiary/aromatic N) is 3. The van der Waals surface area contributed by atoms with E-state index in [2.05, 4.69) is 4.98 Å². The summed E-state index contributed by atoms with van der Waals surface area (Å²) >= 11 is 0. The second-order valence-corrected chi connectivity index (χ2v) is 8.92. The van der Waals surface area contributed by atoms with Crippen molar-refractivity contribution in [2.24, 2.45) is 0 Å². The topological polar surface area (TPSA) is 79.8 Å². The summed E-state index contributed by atoms with van der Waals surface area (Å²) < 4.78 is 5.75. The van der Waals surface area contributed by atoms with Crippen LogP contribution in [0.5, 0.6) is 0 Å². The van der Waals surface area contributed by atoms with Gasteiger partial charge in [0.25, 0.3) is 0 Å². The molecule has 2 aliphatic heterocycles. The van der Waals surface area contributed by atoms with Crippen molar-refractivity contribution in [3.05, 3.63) is 66.0 Å². The Bertz CT molecular complexity index is 976. The molecular formula is C26H31N3O4. The molecule has 3 heterocycles. The summed E-state index contributed by atoms with van der Waals surface area (Å²) in [6.45, 7) is 4.07. The summed E-state index contributed by atoms with van der Waals surface area (Å²) in [6.07, 6.45) is 6.05. The van der Waals surface area contributed by atoms with Gasteiger partial charge in [-0.05, 0) is 42.5 Å². The fourth-order valence-electron chi connectivity index (χ4n) is 4.85. The fourth-order valence-corrected chi connectivity index (χ4v) is 4.85. The highest BCUT2D eigenvalue weighted by atomic mass is 16.5. The highest BCUT2D eigenvalue weighted by Crippen LogP contribution is 2.41. The Kier molecular flexibility index (Phi) is 7.18. The van der Waals surface area contributed by atoms with Crippen LogP contribution < -0.4 is 0 Å². The number of pyridine rings is 1. The molecule has 2 aliphatic rings. The molecule has 0 radical (unpaired) electrons. The lowest BCUT2D eigenvalue weighted by molar-refractivity contribution is -0.143. The molecule has 7 nitrogen and oxygen atoms in total. The quantitative estimate of drug-likeness (QED) is 0.550. The van der Waals surface area contributed by atoms with Crippen LogP contribution in [0.4, 0.5) is 0 Å². The molecule has 2 aromatic rings. The Hall–Kier alpha value is -3.06. The molecular weight excluding hydrogens is 418 g/mol. The van der Waals surface area contributed by atoms with Gasteiger partial charge in [-0.1, -0.05) is 37.3 Å². The van der Waals surface area contributed by atoms with Crippen molar-refractivity contribution < 1.29 is 19.1 Å². The van der Waals surface area contributed by atoms with E-state index in [9.17, 15) is 14.4 Å². The van der Waals surface area contributed by atoms with Gasteiger partial charge >= 0.3 is 0 Å². The van der Waals surface area contributed by atoms with Crippen LogP contribution >= 0.6 is 0 Å². The molecule has 2 saturated heterocycles. The Morgan fingerprint density at radius 1 is 1.18 bits per heavy atom. The normalized spacial score (nSPS) is 22.7. The molecule has 0 aliphatic carbocycles. The van der Waals surface area contributed by atoms with Crippen LogP contribution in [0.1, 0.15) is 50.2 Å². The number of ether oxygens (including phenoxy) is 1. The first-order valence-electron chi connectivity index (χ1n) is 11.7. The molecule has 4 rings (SSSR count). The van der Waals surface area contributed by atoms with Crippen molar-refractivity contribution in [3.63, 3.8) is 0 Å². The third kappa shape index (κ3) is 4.98. The maximum atomic E-state index is 13.8. The predicted octanol–water partition coefficient (Wildman–Crippen LogP) is 3.09. The lowest BCUT2D eigenvalue weighted by Gasteiger charge is -2.31. The lowest BCUT2D eigenvalue weighted by Crippen LogP contribution is -2.45. The molecule has 7 heteroatoms. The van der Waals surface area contributed by atoms with Crippen molar-refractivity contribution in [2.45, 2.75) is 57.1 Å². The monoisotopic (exact) mass is 449 g/mol. The van der Waals surface area contributed by atoms with Gasteiger partial charge in [0.2, 0.25) is 17.7 Å². The van der Waals surface area contributed by atoms with Crippen LogP contribution in [0.25, 0.3) is 0 Å². The van der Waals surface area contributed by atoms with Gasteiger partial charge in [0, 0.05) is 44.9 Å². The van der Waals surface area contributed by atoms with Gasteiger partial charge in [-0.25, -0.2) is 0 Å². The molecule has 0 N–H and O–H groups in total. The number of aromatic nitrogens is 1. The van der Waals surface area contributed by atoms with Crippen molar-refractivity contribution in [1.29, 1.82) is 0 Å². The lowest BCUT2D eigenvalue weighted by atomic mass is 9.75. The highest BCUT2D eigenvalue weighted by molar-refractivity contribution is 6.10. The zero-order valence-corrected chi connectivity index (χ0v) is 19.1. The zero-order valence-electron chi connectivity index (χ0n) is 19.1. The van der Waals surface area contributed by atoms with E-state index in [-0.39, 0.29) is 43.2 Å². The smallest absolute Gasteiger partial charge is 0.241 e. The van der Waals surface area contributed by atoms with Gasteiger partial charge < -0.3 is 9.64 Å². The number of likely N-dealkylation sites (tertiary alicyclic amines) is 1. The largest absolute Gasteiger partial charge is 0.376 e. The fraction of sp³-hybridized carbons (Fsp3) is 0.462. The van der Waals surface area contributed by atoms with Gasteiger partial charge in [0.15, 0.2) is 0 Å². The van der Waals surface area contributed by atoms with E-state index in [0.717, 1.165) is 31.4 Å². The van der Waals surface area contributed by atoms with E-state index in [1.165, 1.54) is 4.90 Å². The van der Waals surface area contributed by atoms with Crippen LogP contribution in [-0.4, -0.2) is 58.3 Å². The SMILES string of the molecule is CCCN(CC1CCCO1)C(=O)CC1(c2ccccc2)CC(=O)N(Cc2ccncc2)C1=O. The molecule has 0 bridgehead atoms. The van der Waals surface area contributed by atoms with Crippen molar-refractivity contribution in [3.8, 4) is 0 Å². The molecule has 3 amide bonds. The van der Waals surface area contributed by atoms with Gasteiger partial charge in [0.1, 0.15) is 0 Å². The number of amides is 3. The first-order chi connectivity index (χ1) is 16.0. The van der Waals surface area contributed by atoms with Crippen LogP contribution in [0.15, 0.2) is 54.9 Å². The minimum Gasteiger partial charge on any atom is -0.376 e. The van der Waals surface area contributed by atoms with Crippen molar-refractivity contribution in [1.82, 2.24) is 14.8 Å². The molecule has 1 aromatic heterocycles. The Balaban J connectivity index is 1.61. The van der Waals surface area contributed by atoms with Crippen molar-refractivity contribution in [2.75, 3.05) is 19.7 Å².